The maximum absolute atomic E-state index is 13.8. The molecule has 0 saturated heterocycles. The van der Waals surface area contributed by atoms with Gasteiger partial charge in [0, 0.05) is 4.88 Å². The number of thiophene rings is 1. The normalized spacial score (nSPS) is 13.1. The summed E-state index contributed by atoms with van der Waals surface area (Å²) in [4.78, 5) is 25.7. The second-order valence-electron chi connectivity index (χ2n) is 7.86. The highest BCUT2D eigenvalue weighted by atomic mass is 32.2. The third-order valence-electron chi connectivity index (χ3n) is 5.78. The van der Waals surface area contributed by atoms with Gasteiger partial charge in [0.25, 0.3) is 5.56 Å². The molecule has 166 valence electrons. The molecule has 0 bridgehead atoms. The molecule has 0 amide bonds. The molecule has 1 aliphatic rings. The van der Waals surface area contributed by atoms with E-state index in [0.29, 0.717) is 17.5 Å². The largest absolute Gasteiger partial charge is 0.494 e. The van der Waals surface area contributed by atoms with Crippen molar-refractivity contribution in [1.82, 2.24) is 14.5 Å². The van der Waals surface area contributed by atoms with E-state index in [9.17, 15) is 4.79 Å². The number of fused-ring (bicyclic) bond motifs is 4. The molecule has 0 aliphatic heterocycles. The zero-order valence-electron chi connectivity index (χ0n) is 18.0. The van der Waals surface area contributed by atoms with E-state index < -0.39 is 0 Å². The summed E-state index contributed by atoms with van der Waals surface area (Å²) in [5.74, 6) is 1.46. The molecule has 0 unspecified atom stereocenters. The summed E-state index contributed by atoms with van der Waals surface area (Å²) >= 11 is 4.94. The fraction of sp³-hybridized carbons (Fsp3) is 0.240. The number of aryl methyl sites for hydroxylation is 2. The van der Waals surface area contributed by atoms with Gasteiger partial charge in [-0.15, -0.1) is 22.7 Å². The van der Waals surface area contributed by atoms with Gasteiger partial charge in [0.15, 0.2) is 5.16 Å². The lowest BCUT2D eigenvalue weighted by molar-refractivity contribution is 0.340. The number of aromatic nitrogens is 3. The molecule has 0 spiro atoms. The van der Waals surface area contributed by atoms with Gasteiger partial charge >= 0.3 is 0 Å². The molecule has 5 aromatic rings. The van der Waals surface area contributed by atoms with Crippen LogP contribution in [0.25, 0.3) is 26.1 Å². The highest BCUT2D eigenvalue weighted by molar-refractivity contribution is 7.98. The number of benzene rings is 2. The van der Waals surface area contributed by atoms with Gasteiger partial charge in [-0.25, -0.2) is 9.97 Å². The SMILES string of the molecule is CCOc1ccc(-n2c(SCc3nc4ccccc4s3)nc3sc4c(c3c2=O)CCC4)cc1. The molecule has 2 aromatic carbocycles. The van der Waals surface area contributed by atoms with Crippen LogP contribution in [0.5, 0.6) is 5.75 Å². The highest BCUT2D eigenvalue weighted by Gasteiger charge is 2.24. The summed E-state index contributed by atoms with van der Waals surface area (Å²) in [7, 11) is 0. The number of hydrogen-bond donors (Lipinski definition) is 0. The first kappa shape index (κ1) is 20.9. The monoisotopic (exact) mass is 491 g/mol. The van der Waals surface area contributed by atoms with E-state index in [2.05, 4.69) is 6.07 Å². The Bertz CT molecular complexity index is 1500. The summed E-state index contributed by atoms with van der Waals surface area (Å²) in [6.07, 6.45) is 3.13. The maximum atomic E-state index is 13.8. The molecule has 0 atom stereocenters. The van der Waals surface area contributed by atoms with Crippen LogP contribution < -0.4 is 10.3 Å². The molecule has 0 radical (unpaired) electrons. The fourth-order valence-corrected chi connectivity index (χ4v) is 7.59. The Kier molecular flexibility index (Phi) is 5.44. The molecule has 6 rings (SSSR count). The third kappa shape index (κ3) is 3.76. The van der Waals surface area contributed by atoms with Crippen LogP contribution in [0.2, 0.25) is 0 Å². The number of thioether (sulfide) groups is 1. The standard InChI is InChI=1S/C25H21N3O2S3/c1-2-30-16-12-10-15(11-13-16)28-24(29)22-17-6-5-9-19(17)33-23(22)27-25(28)31-14-21-26-18-7-3-4-8-20(18)32-21/h3-4,7-8,10-13H,2,5-6,9,14H2,1H3. The Labute approximate surface area is 203 Å². The van der Waals surface area contributed by atoms with Crippen molar-refractivity contribution in [3.05, 3.63) is 74.3 Å². The van der Waals surface area contributed by atoms with Gasteiger partial charge in [0.05, 0.1) is 33.6 Å². The highest BCUT2D eigenvalue weighted by Crippen LogP contribution is 2.37. The van der Waals surface area contributed by atoms with Crippen molar-refractivity contribution in [1.29, 1.82) is 0 Å². The molecular formula is C25H21N3O2S3. The first-order valence-corrected chi connectivity index (χ1v) is 13.6. The first-order valence-electron chi connectivity index (χ1n) is 11.0. The van der Waals surface area contributed by atoms with Crippen molar-refractivity contribution >= 4 is 54.9 Å². The average molecular weight is 492 g/mol. The summed E-state index contributed by atoms with van der Waals surface area (Å²) in [6, 6.07) is 15.9. The van der Waals surface area contributed by atoms with Crippen LogP contribution in [-0.2, 0) is 18.6 Å². The van der Waals surface area contributed by atoms with Gasteiger partial charge in [0.2, 0.25) is 0 Å². The Balaban J connectivity index is 1.44. The van der Waals surface area contributed by atoms with E-state index in [1.807, 2.05) is 49.4 Å². The third-order valence-corrected chi connectivity index (χ3v) is 9.13. The van der Waals surface area contributed by atoms with Gasteiger partial charge < -0.3 is 4.74 Å². The Morgan fingerprint density at radius 1 is 1.06 bits per heavy atom. The topological polar surface area (TPSA) is 57.0 Å². The van der Waals surface area contributed by atoms with Crippen LogP contribution in [-0.4, -0.2) is 21.1 Å². The molecule has 5 nitrogen and oxygen atoms in total. The minimum Gasteiger partial charge on any atom is -0.494 e. The lowest BCUT2D eigenvalue weighted by Gasteiger charge is -2.13. The molecule has 8 heteroatoms. The number of rotatable bonds is 6. The number of thiazole rings is 1. The number of para-hydroxylation sites is 1. The molecule has 3 aromatic heterocycles. The molecule has 3 heterocycles. The second-order valence-corrected chi connectivity index (χ2v) is 11.0. The van der Waals surface area contributed by atoms with Gasteiger partial charge in [-0.2, -0.15) is 0 Å². The average Bonchev–Trinajstić information content (AvgIpc) is 3.52. The van der Waals surface area contributed by atoms with Crippen molar-refractivity contribution in [2.45, 2.75) is 37.1 Å². The number of nitrogens with zero attached hydrogens (tertiary/aromatic N) is 3. The van der Waals surface area contributed by atoms with Crippen LogP contribution in [0.1, 0.15) is 28.8 Å². The van der Waals surface area contributed by atoms with Crippen LogP contribution in [0.3, 0.4) is 0 Å². The minimum absolute atomic E-state index is 0.0235. The van der Waals surface area contributed by atoms with Crippen LogP contribution in [0.4, 0.5) is 0 Å². The first-order chi connectivity index (χ1) is 16.2. The van der Waals surface area contributed by atoms with Crippen LogP contribution in [0, 0.1) is 0 Å². The van der Waals surface area contributed by atoms with E-state index in [1.54, 1.807) is 39.0 Å². The molecular weight excluding hydrogens is 470 g/mol. The quantitative estimate of drug-likeness (QED) is 0.208. The smallest absolute Gasteiger partial charge is 0.267 e. The molecule has 0 saturated carbocycles. The van der Waals surface area contributed by atoms with Crippen molar-refractivity contribution in [3.63, 3.8) is 0 Å². The predicted octanol–water partition coefficient (Wildman–Crippen LogP) is 6.24. The van der Waals surface area contributed by atoms with E-state index in [1.165, 1.54) is 15.1 Å². The van der Waals surface area contributed by atoms with E-state index in [0.717, 1.165) is 51.4 Å². The lowest BCUT2D eigenvalue weighted by Crippen LogP contribution is -2.21. The summed E-state index contributed by atoms with van der Waals surface area (Å²) in [5.41, 5.74) is 3.05. The maximum Gasteiger partial charge on any atom is 0.267 e. The van der Waals surface area contributed by atoms with Gasteiger partial charge in [-0.05, 0) is 68.1 Å². The Morgan fingerprint density at radius 3 is 2.73 bits per heavy atom. The molecule has 0 N–H and O–H groups in total. The van der Waals surface area contributed by atoms with E-state index in [4.69, 9.17) is 14.7 Å². The Morgan fingerprint density at radius 2 is 1.91 bits per heavy atom. The zero-order valence-corrected chi connectivity index (χ0v) is 20.5. The van der Waals surface area contributed by atoms with Gasteiger partial charge in [0.1, 0.15) is 15.6 Å². The summed E-state index contributed by atoms with van der Waals surface area (Å²) in [5, 5.41) is 2.53. The van der Waals surface area contributed by atoms with Crippen molar-refractivity contribution in [2.75, 3.05) is 6.61 Å². The van der Waals surface area contributed by atoms with E-state index >= 15 is 0 Å². The minimum atomic E-state index is 0.0235. The molecule has 33 heavy (non-hydrogen) atoms. The van der Waals surface area contributed by atoms with Gasteiger partial charge in [-0.1, -0.05) is 23.9 Å². The summed E-state index contributed by atoms with van der Waals surface area (Å²) in [6.45, 7) is 2.57. The fourth-order valence-electron chi connectivity index (χ4n) is 4.32. The van der Waals surface area contributed by atoms with Crippen molar-refractivity contribution in [2.24, 2.45) is 0 Å². The Hall–Kier alpha value is -2.68. The van der Waals surface area contributed by atoms with Crippen LogP contribution in [0.15, 0.2) is 58.5 Å². The zero-order chi connectivity index (χ0) is 22.4. The lowest BCUT2D eigenvalue weighted by atomic mass is 10.2. The number of hydrogen-bond acceptors (Lipinski definition) is 7. The second kappa shape index (κ2) is 8.59. The van der Waals surface area contributed by atoms with Gasteiger partial charge in [-0.3, -0.25) is 9.36 Å². The van der Waals surface area contributed by atoms with E-state index in [-0.39, 0.29) is 5.56 Å². The predicted molar refractivity (Wildman–Crippen MR) is 138 cm³/mol. The van der Waals surface area contributed by atoms with Crippen molar-refractivity contribution in [3.8, 4) is 11.4 Å². The summed E-state index contributed by atoms with van der Waals surface area (Å²) < 4.78 is 8.54. The molecule has 1 aliphatic carbocycles. The van der Waals surface area contributed by atoms with Crippen LogP contribution >= 0.6 is 34.4 Å². The molecule has 0 fully saturated rings. The number of ether oxygens (including phenoxy) is 1. The van der Waals surface area contributed by atoms with Crippen molar-refractivity contribution < 1.29 is 4.74 Å².